The molecule has 1 spiro atoms. The minimum Gasteiger partial charge on any atom is -0.333 e. The summed E-state index contributed by atoms with van der Waals surface area (Å²) in [6.45, 7) is 4.56. The first-order valence-electron chi connectivity index (χ1n) is 5.49. The molecule has 2 rings (SSSR count). The van der Waals surface area contributed by atoms with Gasteiger partial charge in [-0.3, -0.25) is 0 Å². The first kappa shape index (κ1) is 8.94. The first-order valence-corrected chi connectivity index (χ1v) is 5.49. The highest BCUT2D eigenvalue weighted by molar-refractivity contribution is 5.00. The van der Waals surface area contributed by atoms with Gasteiger partial charge in [0.1, 0.15) is 0 Å². The molecule has 1 heterocycles. The molecule has 1 aliphatic carbocycles. The molecule has 0 N–H and O–H groups in total. The van der Waals surface area contributed by atoms with Crippen LogP contribution in [-0.4, -0.2) is 18.0 Å². The number of rotatable bonds is 1. The Labute approximate surface area is 81.5 Å². The fourth-order valence-electron chi connectivity index (χ4n) is 2.58. The third kappa shape index (κ3) is 1.82. The summed E-state index contributed by atoms with van der Waals surface area (Å²) in [6, 6.07) is 2.81. The summed E-state index contributed by atoms with van der Waals surface area (Å²) < 4.78 is 0. The van der Waals surface area contributed by atoms with Crippen LogP contribution in [0.2, 0.25) is 0 Å². The quantitative estimate of drug-likeness (QED) is 0.556. The molecule has 0 unspecified atom stereocenters. The summed E-state index contributed by atoms with van der Waals surface area (Å²) in [5, 5.41) is 0. The number of hydrogen-bond acceptors (Lipinski definition) is 1. The lowest BCUT2D eigenvalue weighted by Crippen LogP contribution is -2.22. The highest BCUT2D eigenvalue weighted by Gasteiger charge is 2.45. The summed E-state index contributed by atoms with van der Waals surface area (Å²) in [5.41, 5.74) is 0.728. The van der Waals surface area contributed by atoms with E-state index in [1.54, 1.807) is 0 Å². The minimum absolute atomic E-state index is 0.728. The number of nitrogens with zero attached hydrogens (tertiary/aromatic N) is 1. The summed E-state index contributed by atoms with van der Waals surface area (Å²) in [7, 11) is 0. The molecule has 0 bridgehead atoms. The zero-order valence-corrected chi connectivity index (χ0v) is 8.55. The molecule has 0 aromatic carbocycles. The van der Waals surface area contributed by atoms with Crippen molar-refractivity contribution in [2.45, 2.75) is 39.0 Å². The van der Waals surface area contributed by atoms with E-state index in [2.05, 4.69) is 17.9 Å². The largest absolute Gasteiger partial charge is 0.333 e. The highest BCUT2D eigenvalue weighted by atomic mass is 15.1. The van der Waals surface area contributed by atoms with Crippen LogP contribution in [0.5, 0.6) is 0 Å². The van der Waals surface area contributed by atoms with Crippen molar-refractivity contribution in [1.82, 2.24) is 4.90 Å². The predicted octanol–water partition coefficient (Wildman–Crippen LogP) is 2.48. The number of likely N-dealkylation sites (tertiary alicyclic amines) is 1. The van der Waals surface area contributed by atoms with Crippen LogP contribution in [0, 0.1) is 23.8 Å². The van der Waals surface area contributed by atoms with E-state index in [1.165, 1.54) is 32.1 Å². The summed E-state index contributed by atoms with van der Waals surface area (Å²) >= 11 is 0. The van der Waals surface area contributed by atoms with Gasteiger partial charge < -0.3 is 4.90 Å². The first-order chi connectivity index (χ1) is 6.28. The second kappa shape index (κ2) is 3.25. The summed E-state index contributed by atoms with van der Waals surface area (Å²) in [6.07, 6.45) is 12.5. The zero-order chi connectivity index (χ0) is 9.31. The van der Waals surface area contributed by atoms with Crippen molar-refractivity contribution >= 4 is 0 Å². The van der Waals surface area contributed by atoms with Crippen molar-refractivity contribution in [2.24, 2.45) is 11.3 Å². The van der Waals surface area contributed by atoms with Gasteiger partial charge in [0.2, 0.25) is 0 Å². The van der Waals surface area contributed by atoms with Gasteiger partial charge >= 0.3 is 0 Å². The van der Waals surface area contributed by atoms with E-state index in [-0.39, 0.29) is 0 Å². The van der Waals surface area contributed by atoms with E-state index in [9.17, 15) is 0 Å². The molecular formula is C12H19N. The topological polar surface area (TPSA) is 3.24 Å². The molecule has 0 radical (unpaired) electrons. The van der Waals surface area contributed by atoms with Gasteiger partial charge in [0.05, 0.1) is 0 Å². The Balaban J connectivity index is 2.01. The average Bonchev–Trinajstić information content (AvgIpc) is 2.94. The molecule has 2 aliphatic rings. The van der Waals surface area contributed by atoms with Crippen LogP contribution in [0.15, 0.2) is 0 Å². The Bertz CT molecular complexity index is 222. The van der Waals surface area contributed by atoms with Gasteiger partial charge in [-0.2, -0.15) is 0 Å². The second-order valence-corrected chi connectivity index (χ2v) is 4.80. The Morgan fingerprint density at radius 3 is 2.77 bits per heavy atom. The molecule has 0 aromatic heterocycles. The molecule has 1 heteroatoms. The minimum atomic E-state index is 0.728. The van der Waals surface area contributed by atoms with Crippen LogP contribution >= 0.6 is 0 Å². The molecular weight excluding hydrogens is 158 g/mol. The Kier molecular flexibility index (Phi) is 2.24. The van der Waals surface area contributed by atoms with Gasteiger partial charge in [-0.05, 0) is 37.0 Å². The smallest absolute Gasteiger partial charge is 0.0288 e. The van der Waals surface area contributed by atoms with Gasteiger partial charge in [-0.1, -0.05) is 19.8 Å². The molecule has 1 saturated carbocycles. The van der Waals surface area contributed by atoms with Crippen molar-refractivity contribution < 1.29 is 0 Å². The van der Waals surface area contributed by atoms with Crippen molar-refractivity contribution in [3.63, 3.8) is 0 Å². The maximum absolute atomic E-state index is 5.47. The molecule has 1 aliphatic heterocycles. The summed E-state index contributed by atoms with van der Waals surface area (Å²) in [4.78, 5) is 2.18. The number of terminal acetylenes is 1. The maximum atomic E-state index is 5.47. The predicted molar refractivity (Wildman–Crippen MR) is 55.1 cm³/mol. The van der Waals surface area contributed by atoms with E-state index in [4.69, 9.17) is 6.42 Å². The molecule has 13 heavy (non-hydrogen) atoms. The van der Waals surface area contributed by atoms with Crippen LogP contribution in [0.25, 0.3) is 0 Å². The zero-order valence-electron chi connectivity index (χ0n) is 8.55. The lowest BCUT2D eigenvalue weighted by Gasteiger charge is -2.19. The van der Waals surface area contributed by atoms with Gasteiger partial charge in [0.15, 0.2) is 0 Å². The second-order valence-electron chi connectivity index (χ2n) is 4.80. The fraction of sp³-hybridized carbons (Fsp3) is 0.833. The SMILES string of the molecule is C#CN1CCC2(CC2)C[C@@H](CC)C1. The van der Waals surface area contributed by atoms with E-state index >= 15 is 0 Å². The highest BCUT2D eigenvalue weighted by Crippen LogP contribution is 2.54. The fourth-order valence-corrected chi connectivity index (χ4v) is 2.58. The van der Waals surface area contributed by atoms with Gasteiger partial charge in [0.25, 0.3) is 0 Å². The molecule has 1 atom stereocenters. The van der Waals surface area contributed by atoms with Crippen molar-refractivity contribution in [3.05, 3.63) is 0 Å². The van der Waals surface area contributed by atoms with Gasteiger partial charge in [0, 0.05) is 19.1 Å². The average molecular weight is 177 g/mol. The Morgan fingerprint density at radius 1 is 1.46 bits per heavy atom. The molecule has 0 amide bonds. The molecule has 1 nitrogen and oxygen atoms in total. The Hall–Kier alpha value is -0.640. The Morgan fingerprint density at radius 2 is 2.23 bits per heavy atom. The molecule has 72 valence electrons. The molecule has 1 saturated heterocycles. The third-order valence-electron chi connectivity index (χ3n) is 3.83. The molecule has 2 fully saturated rings. The lowest BCUT2D eigenvalue weighted by molar-refractivity contribution is 0.332. The monoisotopic (exact) mass is 177 g/mol. The van der Waals surface area contributed by atoms with E-state index in [1.807, 2.05) is 0 Å². The standard InChI is InChI=1S/C12H19N/c1-3-11-9-12(5-6-12)7-8-13(4-2)10-11/h2,11H,3,5-10H2,1H3/t11-/m1/s1. The van der Waals surface area contributed by atoms with E-state index in [0.717, 1.165) is 24.4 Å². The van der Waals surface area contributed by atoms with Crippen LogP contribution in [0.4, 0.5) is 0 Å². The van der Waals surface area contributed by atoms with Gasteiger partial charge in [-0.25, -0.2) is 0 Å². The van der Waals surface area contributed by atoms with Gasteiger partial charge in [-0.15, -0.1) is 0 Å². The lowest BCUT2D eigenvalue weighted by atomic mass is 9.89. The van der Waals surface area contributed by atoms with Crippen LogP contribution in [0.3, 0.4) is 0 Å². The van der Waals surface area contributed by atoms with Crippen molar-refractivity contribution in [3.8, 4) is 12.5 Å². The van der Waals surface area contributed by atoms with Crippen molar-refractivity contribution in [2.75, 3.05) is 13.1 Å². The normalized spacial score (nSPS) is 31.1. The van der Waals surface area contributed by atoms with Crippen LogP contribution < -0.4 is 0 Å². The van der Waals surface area contributed by atoms with Crippen LogP contribution in [0.1, 0.15) is 39.0 Å². The maximum Gasteiger partial charge on any atom is 0.0288 e. The van der Waals surface area contributed by atoms with Crippen LogP contribution in [-0.2, 0) is 0 Å². The number of hydrogen-bond donors (Lipinski definition) is 0. The van der Waals surface area contributed by atoms with E-state index in [0.29, 0.717) is 0 Å². The molecule has 0 aromatic rings. The summed E-state index contributed by atoms with van der Waals surface area (Å²) in [5.74, 6) is 0.848. The van der Waals surface area contributed by atoms with E-state index < -0.39 is 0 Å². The van der Waals surface area contributed by atoms with Crippen molar-refractivity contribution in [1.29, 1.82) is 0 Å². The third-order valence-corrected chi connectivity index (χ3v) is 3.83.